The van der Waals surface area contributed by atoms with Crippen LogP contribution in [0.5, 0.6) is 0 Å². The van der Waals surface area contributed by atoms with Gasteiger partial charge < -0.3 is 5.73 Å². The Morgan fingerprint density at radius 3 is 2.75 bits per heavy atom. The van der Waals surface area contributed by atoms with E-state index in [2.05, 4.69) is 31.5 Å². The Labute approximate surface area is 102 Å². The molecule has 0 radical (unpaired) electrons. The molecule has 6 heteroatoms. The first-order valence-electron chi connectivity index (χ1n) is 4.90. The molecule has 0 fully saturated rings. The molecule has 0 amide bonds. The van der Waals surface area contributed by atoms with Gasteiger partial charge in [0.15, 0.2) is 5.82 Å². The van der Waals surface area contributed by atoms with E-state index in [4.69, 9.17) is 5.73 Å². The van der Waals surface area contributed by atoms with Gasteiger partial charge in [0, 0.05) is 18.1 Å². The molecule has 1 atom stereocenters. The Morgan fingerprint density at radius 1 is 1.44 bits per heavy atom. The lowest BCUT2D eigenvalue weighted by atomic mass is 9.98. The van der Waals surface area contributed by atoms with Crippen LogP contribution in [0.25, 0.3) is 0 Å². The molecule has 0 bridgehead atoms. The van der Waals surface area contributed by atoms with Gasteiger partial charge in [0.05, 0.1) is 5.92 Å². The molecule has 0 saturated heterocycles. The summed E-state index contributed by atoms with van der Waals surface area (Å²) < 4.78 is 2.67. The first kappa shape index (κ1) is 11.2. The van der Waals surface area contributed by atoms with E-state index in [-0.39, 0.29) is 5.92 Å². The van der Waals surface area contributed by atoms with Crippen LogP contribution in [-0.2, 0) is 7.05 Å². The van der Waals surface area contributed by atoms with Gasteiger partial charge in [-0.25, -0.2) is 4.68 Å². The number of benzene rings is 1. The second-order valence-corrected chi connectivity index (χ2v) is 4.32. The summed E-state index contributed by atoms with van der Waals surface area (Å²) in [6, 6.07) is 7.96. The van der Waals surface area contributed by atoms with Crippen LogP contribution in [0.4, 0.5) is 0 Å². The molecule has 0 saturated carbocycles. The smallest absolute Gasteiger partial charge is 0.159 e. The lowest BCUT2D eigenvalue weighted by molar-refractivity contribution is 0.640. The van der Waals surface area contributed by atoms with Gasteiger partial charge in [-0.1, -0.05) is 34.1 Å². The van der Waals surface area contributed by atoms with Crippen LogP contribution < -0.4 is 5.73 Å². The summed E-state index contributed by atoms with van der Waals surface area (Å²) in [6.07, 6.45) is 0. The average Bonchev–Trinajstić information content (AvgIpc) is 2.69. The predicted molar refractivity (Wildman–Crippen MR) is 63.8 cm³/mol. The molecule has 0 aliphatic rings. The van der Waals surface area contributed by atoms with E-state index in [1.807, 2.05) is 31.3 Å². The number of nitrogens with zero attached hydrogens (tertiary/aromatic N) is 4. The SMILES string of the molecule is Cn1nnnc1C(CN)c1ccccc1Br. The van der Waals surface area contributed by atoms with Crippen LogP contribution >= 0.6 is 15.9 Å². The molecular weight excluding hydrogens is 270 g/mol. The first-order valence-corrected chi connectivity index (χ1v) is 5.70. The fraction of sp³-hybridized carbons (Fsp3) is 0.300. The zero-order valence-corrected chi connectivity index (χ0v) is 10.4. The number of hydrogen-bond donors (Lipinski definition) is 1. The minimum atomic E-state index is 0.00979. The molecule has 1 aromatic heterocycles. The highest BCUT2D eigenvalue weighted by Crippen LogP contribution is 2.27. The summed E-state index contributed by atoms with van der Waals surface area (Å²) in [5, 5.41) is 11.5. The number of aryl methyl sites for hydroxylation is 1. The molecule has 84 valence electrons. The number of halogens is 1. The normalized spacial score (nSPS) is 12.7. The highest BCUT2D eigenvalue weighted by molar-refractivity contribution is 9.10. The highest BCUT2D eigenvalue weighted by Gasteiger charge is 2.20. The largest absolute Gasteiger partial charge is 0.329 e. The lowest BCUT2D eigenvalue weighted by Gasteiger charge is -2.14. The van der Waals surface area contributed by atoms with E-state index in [0.717, 1.165) is 15.9 Å². The molecule has 16 heavy (non-hydrogen) atoms. The number of nitrogens with two attached hydrogens (primary N) is 1. The number of tetrazole rings is 1. The first-order chi connectivity index (χ1) is 7.74. The van der Waals surface area contributed by atoms with Crippen molar-refractivity contribution in [3.63, 3.8) is 0 Å². The molecule has 1 heterocycles. The van der Waals surface area contributed by atoms with Gasteiger partial charge in [0.1, 0.15) is 0 Å². The van der Waals surface area contributed by atoms with Crippen molar-refractivity contribution < 1.29 is 0 Å². The van der Waals surface area contributed by atoms with Crippen molar-refractivity contribution in [3.8, 4) is 0 Å². The van der Waals surface area contributed by atoms with Crippen molar-refractivity contribution in [2.75, 3.05) is 6.54 Å². The summed E-state index contributed by atoms with van der Waals surface area (Å²) in [7, 11) is 1.81. The van der Waals surface area contributed by atoms with Gasteiger partial charge in [0.25, 0.3) is 0 Å². The number of rotatable bonds is 3. The van der Waals surface area contributed by atoms with E-state index in [1.165, 1.54) is 0 Å². The van der Waals surface area contributed by atoms with Crippen LogP contribution in [0, 0.1) is 0 Å². The van der Waals surface area contributed by atoms with Gasteiger partial charge in [-0.15, -0.1) is 5.10 Å². The molecule has 1 unspecified atom stereocenters. The van der Waals surface area contributed by atoms with Crippen LogP contribution in [-0.4, -0.2) is 26.8 Å². The van der Waals surface area contributed by atoms with Crippen molar-refractivity contribution >= 4 is 15.9 Å². The van der Waals surface area contributed by atoms with E-state index in [0.29, 0.717) is 6.54 Å². The van der Waals surface area contributed by atoms with Crippen molar-refractivity contribution in [2.24, 2.45) is 12.8 Å². The third kappa shape index (κ3) is 1.98. The third-order valence-electron chi connectivity index (χ3n) is 2.48. The fourth-order valence-corrected chi connectivity index (χ4v) is 2.22. The lowest BCUT2D eigenvalue weighted by Crippen LogP contribution is -2.18. The summed E-state index contributed by atoms with van der Waals surface area (Å²) in [5.41, 5.74) is 6.90. The van der Waals surface area contributed by atoms with Crippen LogP contribution in [0.15, 0.2) is 28.7 Å². The monoisotopic (exact) mass is 281 g/mol. The molecular formula is C10H12BrN5. The standard InChI is InChI=1S/C10H12BrN5/c1-16-10(13-14-15-16)8(6-12)7-4-2-3-5-9(7)11/h2-5,8H,6,12H2,1H3. The van der Waals surface area contributed by atoms with Crippen molar-refractivity contribution in [2.45, 2.75) is 5.92 Å². The zero-order valence-electron chi connectivity index (χ0n) is 8.84. The Hall–Kier alpha value is -1.27. The van der Waals surface area contributed by atoms with Gasteiger partial charge >= 0.3 is 0 Å². The van der Waals surface area contributed by atoms with Crippen LogP contribution in [0.2, 0.25) is 0 Å². The van der Waals surface area contributed by atoms with Gasteiger partial charge in [-0.05, 0) is 22.1 Å². The predicted octanol–water partition coefficient (Wildman–Crippen LogP) is 1.06. The molecule has 0 spiro atoms. The van der Waals surface area contributed by atoms with Crippen LogP contribution in [0.3, 0.4) is 0 Å². The summed E-state index contributed by atoms with van der Waals surface area (Å²) in [4.78, 5) is 0. The Morgan fingerprint density at radius 2 is 2.19 bits per heavy atom. The average molecular weight is 282 g/mol. The third-order valence-corrected chi connectivity index (χ3v) is 3.20. The number of hydrogen-bond acceptors (Lipinski definition) is 4. The van der Waals surface area contributed by atoms with Crippen molar-refractivity contribution in [1.82, 2.24) is 20.2 Å². The quantitative estimate of drug-likeness (QED) is 0.914. The summed E-state index contributed by atoms with van der Waals surface area (Å²) >= 11 is 3.51. The second-order valence-electron chi connectivity index (χ2n) is 3.47. The molecule has 1 aromatic carbocycles. The maximum Gasteiger partial charge on any atom is 0.159 e. The van der Waals surface area contributed by atoms with Gasteiger partial charge in [-0.2, -0.15) is 0 Å². The van der Waals surface area contributed by atoms with Crippen molar-refractivity contribution in [3.05, 3.63) is 40.1 Å². The van der Waals surface area contributed by atoms with E-state index in [9.17, 15) is 0 Å². The number of aromatic nitrogens is 4. The minimum absolute atomic E-state index is 0.00979. The van der Waals surface area contributed by atoms with E-state index < -0.39 is 0 Å². The highest BCUT2D eigenvalue weighted by atomic mass is 79.9. The molecule has 5 nitrogen and oxygen atoms in total. The van der Waals surface area contributed by atoms with Crippen molar-refractivity contribution in [1.29, 1.82) is 0 Å². The Bertz CT molecular complexity index is 482. The summed E-state index contributed by atoms with van der Waals surface area (Å²) in [6.45, 7) is 0.469. The Balaban J connectivity index is 2.45. The van der Waals surface area contributed by atoms with E-state index >= 15 is 0 Å². The van der Waals surface area contributed by atoms with E-state index in [1.54, 1.807) is 4.68 Å². The molecule has 0 aliphatic carbocycles. The van der Waals surface area contributed by atoms with Gasteiger partial charge in [-0.3, -0.25) is 0 Å². The summed E-state index contributed by atoms with van der Waals surface area (Å²) in [5.74, 6) is 0.782. The molecule has 0 aliphatic heterocycles. The Kier molecular flexibility index (Phi) is 3.31. The zero-order chi connectivity index (χ0) is 11.5. The van der Waals surface area contributed by atoms with Crippen LogP contribution in [0.1, 0.15) is 17.3 Å². The fourth-order valence-electron chi connectivity index (χ4n) is 1.66. The molecule has 2 N–H and O–H groups in total. The van der Waals surface area contributed by atoms with Gasteiger partial charge in [0.2, 0.25) is 0 Å². The molecule has 2 aromatic rings. The minimum Gasteiger partial charge on any atom is -0.329 e. The molecule has 2 rings (SSSR count). The second kappa shape index (κ2) is 4.71. The maximum atomic E-state index is 5.80. The topological polar surface area (TPSA) is 69.6 Å². The maximum absolute atomic E-state index is 5.80.